The lowest BCUT2D eigenvalue weighted by atomic mass is 9.70. The quantitative estimate of drug-likeness (QED) is 0.650. The van der Waals surface area contributed by atoms with E-state index >= 15 is 0 Å². The molecule has 2 N–H and O–H groups in total. The van der Waals surface area contributed by atoms with E-state index in [1.54, 1.807) is 0 Å². The summed E-state index contributed by atoms with van der Waals surface area (Å²) in [6, 6.07) is 8.74. The molecule has 4 heterocycles. The molecule has 6 nitrogen and oxygen atoms in total. The Hall–Kier alpha value is -2.60. The first-order chi connectivity index (χ1) is 15.0. The lowest BCUT2D eigenvalue weighted by Crippen LogP contribution is -2.78. The maximum absolute atomic E-state index is 6.18. The number of hydrogen-bond acceptors (Lipinski definition) is 6. The Bertz CT molecular complexity index is 982. The van der Waals surface area contributed by atoms with Crippen LogP contribution < -0.4 is 15.5 Å². The second-order valence-corrected chi connectivity index (χ2v) is 9.31. The Morgan fingerprint density at radius 2 is 2.16 bits per heavy atom. The van der Waals surface area contributed by atoms with Crippen LogP contribution in [0.25, 0.3) is 0 Å². The number of aliphatic imine (C=N–C) groups is 1. The largest absolute Gasteiger partial charge is 0.480 e. The van der Waals surface area contributed by atoms with Gasteiger partial charge in [-0.15, -0.1) is 0 Å². The van der Waals surface area contributed by atoms with Crippen molar-refractivity contribution in [2.45, 2.75) is 38.4 Å². The predicted octanol–water partition coefficient (Wildman–Crippen LogP) is 3.88. The zero-order chi connectivity index (χ0) is 21.6. The lowest BCUT2D eigenvalue weighted by Gasteiger charge is -2.65. The van der Waals surface area contributed by atoms with E-state index in [1.165, 1.54) is 16.8 Å². The number of nitrogens with zero attached hydrogens (tertiary/aromatic N) is 3. The van der Waals surface area contributed by atoms with Gasteiger partial charge in [0.25, 0.3) is 0 Å². The average Bonchev–Trinajstić information content (AvgIpc) is 3.22. The van der Waals surface area contributed by atoms with Gasteiger partial charge in [-0.25, -0.2) is 4.99 Å². The van der Waals surface area contributed by atoms with E-state index in [1.807, 2.05) is 6.92 Å². The molecule has 2 atom stereocenters. The van der Waals surface area contributed by atoms with E-state index in [4.69, 9.17) is 16.3 Å². The molecule has 1 aromatic rings. The zero-order valence-electron chi connectivity index (χ0n) is 18.1. The summed E-state index contributed by atoms with van der Waals surface area (Å²) in [6.07, 6.45) is 3.08. The van der Waals surface area contributed by atoms with Crippen molar-refractivity contribution in [2.24, 2.45) is 10.9 Å². The van der Waals surface area contributed by atoms with Crippen molar-refractivity contribution in [1.29, 1.82) is 0 Å². The maximum Gasteiger partial charge on any atom is 0.179 e. The Balaban J connectivity index is 1.47. The van der Waals surface area contributed by atoms with E-state index < -0.39 is 0 Å². The molecule has 4 aliphatic rings. The zero-order valence-corrected chi connectivity index (χ0v) is 18.8. The first kappa shape index (κ1) is 20.3. The highest BCUT2D eigenvalue weighted by Crippen LogP contribution is 2.56. The van der Waals surface area contributed by atoms with Gasteiger partial charge < -0.3 is 25.2 Å². The molecule has 0 amide bonds. The highest BCUT2D eigenvalue weighted by atomic mass is 35.5. The van der Waals surface area contributed by atoms with E-state index in [0.717, 1.165) is 57.0 Å². The van der Waals surface area contributed by atoms with Crippen LogP contribution in [0.5, 0.6) is 0 Å². The third-order valence-electron chi connectivity index (χ3n) is 6.79. The van der Waals surface area contributed by atoms with E-state index in [2.05, 4.69) is 62.8 Å². The number of ether oxygens (including phenoxy) is 1. The van der Waals surface area contributed by atoms with Gasteiger partial charge in [0.05, 0.1) is 12.2 Å². The summed E-state index contributed by atoms with van der Waals surface area (Å²) in [6.45, 7) is 14.4. The molecule has 0 saturated carbocycles. The van der Waals surface area contributed by atoms with Gasteiger partial charge in [-0.2, -0.15) is 0 Å². The van der Waals surface area contributed by atoms with Gasteiger partial charge in [0.2, 0.25) is 0 Å². The molecule has 0 radical (unpaired) electrons. The number of hydrogen-bond donors (Lipinski definition) is 2. The average molecular weight is 440 g/mol. The third kappa shape index (κ3) is 3.37. The molecule has 2 unspecified atom stereocenters. The minimum Gasteiger partial charge on any atom is -0.480 e. The SMILES string of the molecule is C=C1NCc2cccc(c2)N2CCC(C2)C23NC(=C)C2=C(/N=C(\C)Cl)N3CCCCO1. The van der Waals surface area contributed by atoms with Crippen molar-refractivity contribution in [3.63, 3.8) is 0 Å². The summed E-state index contributed by atoms with van der Waals surface area (Å²) < 4.78 is 5.79. The van der Waals surface area contributed by atoms with Gasteiger partial charge >= 0.3 is 0 Å². The Labute approximate surface area is 189 Å². The van der Waals surface area contributed by atoms with Crippen molar-refractivity contribution in [1.82, 2.24) is 15.5 Å². The fourth-order valence-corrected chi connectivity index (χ4v) is 5.45. The molecular weight excluding hydrogens is 410 g/mol. The minimum absolute atomic E-state index is 0.169. The number of halogens is 1. The molecule has 0 aliphatic carbocycles. The van der Waals surface area contributed by atoms with Crippen LogP contribution in [-0.4, -0.2) is 42.0 Å². The van der Waals surface area contributed by atoms with Gasteiger partial charge in [0, 0.05) is 43.5 Å². The molecule has 4 aliphatic heterocycles. The monoisotopic (exact) mass is 439 g/mol. The topological polar surface area (TPSA) is 52.1 Å². The molecular formula is C24H30ClN5O. The summed E-state index contributed by atoms with van der Waals surface area (Å²) in [5.41, 5.74) is 4.54. The summed E-state index contributed by atoms with van der Waals surface area (Å²) in [5.74, 6) is 2.07. The Morgan fingerprint density at radius 3 is 2.97 bits per heavy atom. The molecule has 1 spiro atoms. The van der Waals surface area contributed by atoms with E-state index in [-0.39, 0.29) is 5.66 Å². The normalized spacial score (nSPS) is 28.6. The lowest BCUT2D eigenvalue weighted by molar-refractivity contribution is -0.000662. The minimum atomic E-state index is -0.169. The van der Waals surface area contributed by atoms with Gasteiger partial charge in [0.15, 0.2) is 5.88 Å². The maximum atomic E-state index is 6.18. The molecule has 31 heavy (non-hydrogen) atoms. The first-order valence-electron chi connectivity index (χ1n) is 11.1. The molecule has 2 fully saturated rings. The van der Waals surface area contributed by atoms with Crippen LogP contribution in [0.15, 0.2) is 65.4 Å². The number of rotatable bonds is 1. The van der Waals surface area contributed by atoms with Crippen molar-refractivity contribution in [2.75, 3.05) is 31.1 Å². The van der Waals surface area contributed by atoms with Crippen LogP contribution in [0.1, 0.15) is 31.7 Å². The predicted molar refractivity (Wildman–Crippen MR) is 126 cm³/mol. The highest BCUT2D eigenvalue weighted by molar-refractivity contribution is 6.64. The fourth-order valence-electron chi connectivity index (χ4n) is 5.37. The van der Waals surface area contributed by atoms with Gasteiger partial charge in [0.1, 0.15) is 16.7 Å². The third-order valence-corrected chi connectivity index (χ3v) is 6.87. The standard InChI is InChI=1S/C24H30ClN5O/c1-16-22-23(27-17(2)25)30-10-4-5-12-31-18(3)26-14-19-7-6-8-21(13-19)29-11-9-20(15-29)24(22,30)28-16/h6-8,13,20,26,28H,1,3-5,9-12,14-15H2,2H3/b27-17+. The fraction of sp³-hybridized carbons (Fsp3) is 0.458. The van der Waals surface area contributed by atoms with Crippen LogP contribution in [0.3, 0.4) is 0 Å². The van der Waals surface area contributed by atoms with Gasteiger partial charge in [-0.05, 0) is 50.5 Å². The summed E-state index contributed by atoms with van der Waals surface area (Å²) in [4.78, 5) is 9.56. The van der Waals surface area contributed by atoms with Crippen LogP contribution in [0.4, 0.5) is 5.69 Å². The molecule has 5 rings (SSSR count). The highest BCUT2D eigenvalue weighted by Gasteiger charge is 2.64. The molecule has 1 aromatic carbocycles. The number of anilines is 1. The Kier molecular flexibility index (Phi) is 5.13. The van der Waals surface area contributed by atoms with Gasteiger partial charge in [-0.1, -0.05) is 30.3 Å². The van der Waals surface area contributed by atoms with E-state index in [0.29, 0.717) is 23.6 Å². The first-order valence-corrected chi connectivity index (χ1v) is 11.5. The van der Waals surface area contributed by atoms with Crippen molar-refractivity contribution < 1.29 is 4.74 Å². The molecule has 4 bridgehead atoms. The van der Waals surface area contributed by atoms with Crippen LogP contribution in [0.2, 0.25) is 0 Å². The van der Waals surface area contributed by atoms with Crippen LogP contribution in [-0.2, 0) is 11.3 Å². The second-order valence-electron chi connectivity index (χ2n) is 8.76. The number of fused-ring (bicyclic) bond motifs is 5. The summed E-state index contributed by atoms with van der Waals surface area (Å²) in [5, 5.41) is 7.53. The summed E-state index contributed by atoms with van der Waals surface area (Å²) in [7, 11) is 0. The summed E-state index contributed by atoms with van der Waals surface area (Å²) >= 11 is 6.18. The smallest absolute Gasteiger partial charge is 0.179 e. The van der Waals surface area contributed by atoms with Crippen molar-refractivity contribution in [3.05, 3.63) is 66.0 Å². The molecule has 164 valence electrons. The molecule has 2 saturated heterocycles. The van der Waals surface area contributed by atoms with Crippen molar-refractivity contribution in [3.8, 4) is 0 Å². The number of benzene rings is 1. The van der Waals surface area contributed by atoms with E-state index in [9.17, 15) is 0 Å². The Morgan fingerprint density at radius 1 is 1.29 bits per heavy atom. The second kappa shape index (κ2) is 7.83. The van der Waals surface area contributed by atoms with Crippen LogP contribution >= 0.6 is 11.6 Å². The van der Waals surface area contributed by atoms with Crippen molar-refractivity contribution >= 4 is 22.5 Å². The van der Waals surface area contributed by atoms with Crippen LogP contribution in [0, 0.1) is 5.92 Å². The van der Waals surface area contributed by atoms with Gasteiger partial charge in [-0.3, -0.25) is 0 Å². The molecule has 0 aromatic heterocycles. The molecule has 7 heteroatoms. The number of nitrogens with one attached hydrogen (secondary N) is 2.